The van der Waals surface area contributed by atoms with E-state index in [4.69, 9.17) is 10.6 Å². The van der Waals surface area contributed by atoms with Gasteiger partial charge < -0.3 is 10.2 Å². The van der Waals surface area contributed by atoms with E-state index in [2.05, 4.69) is 10.4 Å². The molecule has 0 saturated carbocycles. The molecule has 0 saturated heterocycles. The molecule has 1 rings (SSSR count). The van der Waals surface area contributed by atoms with E-state index in [0.717, 1.165) is 16.9 Å². The number of ether oxygens (including phenoxy) is 1. The summed E-state index contributed by atoms with van der Waals surface area (Å²) in [7, 11) is 1.63. The first-order chi connectivity index (χ1) is 7.22. The third-order valence-corrected chi connectivity index (χ3v) is 2.06. The molecule has 0 atom stereocenters. The van der Waals surface area contributed by atoms with Crippen LogP contribution in [0.5, 0.6) is 5.75 Å². The molecule has 0 fully saturated rings. The third-order valence-electron chi connectivity index (χ3n) is 2.06. The molecule has 82 valence electrons. The van der Waals surface area contributed by atoms with Crippen molar-refractivity contribution in [2.75, 3.05) is 13.7 Å². The molecular formula is C11H17N3O. The number of nitrogens with zero attached hydrogens (tertiary/aromatic N) is 1. The second-order valence-corrected chi connectivity index (χ2v) is 3.17. The van der Waals surface area contributed by atoms with E-state index in [1.54, 1.807) is 7.11 Å². The van der Waals surface area contributed by atoms with Gasteiger partial charge in [0, 0.05) is 6.54 Å². The number of nitrogens with two attached hydrogens (primary N) is 1. The number of hydrazine groups is 1. The topological polar surface area (TPSA) is 59.6 Å². The minimum absolute atomic E-state index is 0.651. The molecule has 0 bridgehead atoms. The first-order valence-electron chi connectivity index (χ1n) is 4.89. The summed E-state index contributed by atoms with van der Waals surface area (Å²) in [5, 5.41) is 0. The maximum atomic E-state index is 5.43. The van der Waals surface area contributed by atoms with Gasteiger partial charge in [-0.1, -0.05) is 11.6 Å². The van der Waals surface area contributed by atoms with Crippen LogP contribution in [0.4, 0.5) is 0 Å². The minimum atomic E-state index is 0.651. The van der Waals surface area contributed by atoms with Gasteiger partial charge in [-0.05, 0) is 26.0 Å². The lowest BCUT2D eigenvalue weighted by Crippen LogP contribution is -2.31. The number of hydrogen-bond donors (Lipinski definition) is 2. The van der Waals surface area contributed by atoms with Crippen molar-refractivity contribution in [3.05, 3.63) is 29.3 Å². The predicted octanol–water partition coefficient (Wildman–Crippen LogP) is 1.23. The highest BCUT2D eigenvalue weighted by Crippen LogP contribution is 2.19. The first-order valence-corrected chi connectivity index (χ1v) is 4.89. The number of benzene rings is 1. The molecule has 0 unspecified atom stereocenters. The van der Waals surface area contributed by atoms with Crippen LogP contribution in [0.1, 0.15) is 18.1 Å². The summed E-state index contributed by atoms with van der Waals surface area (Å²) in [5.41, 5.74) is 4.63. The van der Waals surface area contributed by atoms with Crippen LogP contribution in [0, 0.1) is 6.92 Å². The molecule has 0 aliphatic carbocycles. The fourth-order valence-electron chi connectivity index (χ4n) is 1.37. The molecule has 0 aromatic heterocycles. The second-order valence-electron chi connectivity index (χ2n) is 3.17. The lowest BCUT2D eigenvalue weighted by Gasteiger charge is -2.11. The van der Waals surface area contributed by atoms with Gasteiger partial charge in [-0.2, -0.15) is 0 Å². The van der Waals surface area contributed by atoms with Crippen molar-refractivity contribution >= 4 is 5.84 Å². The maximum Gasteiger partial charge on any atom is 0.146 e. The van der Waals surface area contributed by atoms with Crippen molar-refractivity contribution in [2.45, 2.75) is 13.8 Å². The smallest absolute Gasteiger partial charge is 0.146 e. The van der Waals surface area contributed by atoms with Gasteiger partial charge in [0.1, 0.15) is 11.6 Å². The standard InChI is InChI=1S/C11H17N3O/c1-4-13-11(14-12)9-7-8(2)5-6-10(9)15-3/h5-7H,4,12H2,1-3H3,(H,13,14). The SMILES string of the molecule is CCN=C(NN)c1cc(C)ccc1OC. The number of aliphatic imine (C=N–C) groups is 1. The molecule has 15 heavy (non-hydrogen) atoms. The number of rotatable bonds is 3. The van der Waals surface area contributed by atoms with Crippen molar-refractivity contribution in [1.82, 2.24) is 5.43 Å². The van der Waals surface area contributed by atoms with Crippen LogP contribution in [0.2, 0.25) is 0 Å². The molecule has 1 aromatic rings. The van der Waals surface area contributed by atoms with Crippen LogP contribution in [0.15, 0.2) is 23.2 Å². The van der Waals surface area contributed by atoms with Crippen LogP contribution in [0.25, 0.3) is 0 Å². The second kappa shape index (κ2) is 5.36. The van der Waals surface area contributed by atoms with Crippen LogP contribution < -0.4 is 16.0 Å². The summed E-state index contributed by atoms with van der Waals surface area (Å²) in [6.45, 7) is 4.65. The Balaban J connectivity index is 3.20. The van der Waals surface area contributed by atoms with E-state index < -0.39 is 0 Å². The Hall–Kier alpha value is -1.55. The Kier molecular flexibility index (Phi) is 4.12. The van der Waals surface area contributed by atoms with Crippen LogP contribution >= 0.6 is 0 Å². The fourth-order valence-corrected chi connectivity index (χ4v) is 1.37. The van der Waals surface area contributed by atoms with Gasteiger partial charge in [-0.3, -0.25) is 4.99 Å². The Labute approximate surface area is 90.1 Å². The number of aryl methyl sites for hydroxylation is 1. The largest absolute Gasteiger partial charge is 0.496 e. The van der Waals surface area contributed by atoms with Gasteiger partial charge in [0.25, 0.3) is 0 Å². The molecule has 0 spiro atoms. The third kappa shape index (κ3) is 2.70. The molecule has 0 aliphatic rings. The predicted molar refractivity (Wildman–Crippen MR) is 62.1 cm³/mol. The van der Waals surface area contributed by atoms with Gasteiger partial charge in [0.2, 0.25) is 0 Å². The Morgan fingerprint density at radius 2 is 2.27 bits per heavy atom. The van der Waals surface area contributed by atoms with E-state index in [1.807, 2.05) is 32.0 Å². The van der Waals surface area contributed by atoms with E-state index in [0.29, 0.717) is 12.4 Å². The van der Waals surface area contributed by atoms with Gasteiger partial charge in [-0.15, -0.1) is 0 Å². The summed E-state index contributed by atoms with van der Waals surface area (Å²) in [6.07, 6.45) is 0. The van der Waals surface area contributed by atoms with Crippen molar-refractivity contribution in [3.8, 4) is 5.75 Å². The van der Waals surface area contributed by atoms with Gasteiger partial charge in [-0.25, -0.2) is 5.84 Å². The Morgan fingerprint density at radius 3 is 2.80 bits per heavy atom. The molecule has 4 nitrogen and oxygen atoms in total. The van der Waals surface area contributed by atoms with Crippen LogP contribution in [-0.2, 0) is 0 Å². The summed E-state index contributed by atoms with van der Waals surface area (Å²) in [5.74, 6) is 6.85. The summed E-state index contributed by atoms with van der Waals surface area (Å²) in [6, 6.07) is 5.89. The highest BCUT2D eigenvalue weighted by molar-refractivity contribution is 6.01. The average Bonchev–Trinajstić information content (AvgIpc) is 2.26. The van der Waals surface area contributed by atoms with Crippen molar-refractivity contribution in [2.24, 2.45) is 10.8 Å². The Bertz CT molecular complexity index is 361. The maximum absolute atomic E-state index is 5.43. The van der Waals surface area contributed by atoms with Crippen molar-refractivity contribution < 1.29 is 4.74 Å². The lowest BCUT2D eigenvalue weighted by molar-refractivity contribution is 0.413. The van der Waals surface area contributed by atoms with E-state index in [9.17, 15) is 0 Å². The molecule has 3 N–H and O–H groups in total. The summed E-state index contributed by atoms with van der Waals surface area (Å²) >= 11 is 0. The number of methoxy groups -OCH3 is 1. The van der Waals surface area contributed by atoms with Crippen LogP contribution in [-0.4, -0.2) is 19.5 Å². The van der Waals surface area contributed by atoms with E-state index in [-0.39, 0.29) is 0 Å². The molecule has 0 aliphatic heterocycles. The highest BCUT2D eigenvalue weighted by atomic mass is 16.5. The van der Waals surface area contributed by atoms with Gasteiger partial charge >= 0.3 is 0 Å². The minimum Gasteiger partial charge on any atom is -0.496 e. The molecule has 1 aromatic carbocycles. The summed E-state index contributed by atoms with van der Waals surface area (Å²) in [4.78, 5) is 4.26. The number of amidine groups is 1. The average molecular weight is 207 g/mol. The number of nitrogens with one attached hydrogen (secondary N) is 1. The van der Waals surface area contributed by atoms with Crippen LogP contribution in [0.3, 0.4) is 0 Å². The lowest BCUT2D eigenvalue weighted by atomic mass is 10.1. The summed E-state index contributed by atoms with van der Waals surface area (Å²) < 4.78 is 5.25. The van der Waals surface area contributed by atoms with E-state index >= 15 is 0 Å². The molecular weight excluding hydrogens is 190 g/mol. The zero-order valence-corrected chi connectivity index (χ0v) is 9.37. The zero-order chi connectivity index (χ0) is 11.3. The molecule has 4 heteroatoms. The monoisotopic (exact) mass is 207 g/mol. The molecule has 0 amide bonds. The zero-order valence-electron chi connectivity index (χ0n) is 9.37. The highest BCUT2D eigenvalue weighted by Gasteiger charge is 2.08. The first kappa shape index (κ1) is 11.5. The molecule has 0 heterocycles. The van der Waals surface area contributed by atoms with Gasteiger partial charge in [0.05, 0.1) is 12.7 Å². The molecule has 0 radical (unpaired) electrons. The van der Waals surface area contributed by atoms with Gasteiger partial charge in [0.15, 0.2) is 0 Å². The fraction of sp³-hybridized carbons (Fsp3) is 0.364. The number of hydrogen-bond acceptors (Lipinski definition) is 3. The van der Waals surface area contributed by atoms with E-state index in [1.165, 1.54) is 0 Å². The Morgan fingerprint density at radius 1 is 1.53 bits per heavy atom. The van der Waals surface area contributed by atoms with Crippen molar-refractivity contribution in [1.29, 1.82) is 0 Å². The normalized spacial score (nSPS) is 11.3. The quantitative estimate of drug-likeness (QED) is 0.339. The van der Waals surface area contributed by atoms with Crippen molar-refractivity contribution in [3.63, 3.8) is 0 Å².